The summed E-state index contributed by atoms with van der Waals surface area (Å²) in [5, 5.41) is 9.74. The average Bonchev–Trinajstić information content (AvgIpc) is 3.02. The van der Waals surface area contributed by atoms with Gasteiger partial charge in [0.2, 0.25) is 5.91 Å². The fourth-order valence-electron chi connectivity index (χ4n) is 2.24. The maximum Gasteiger partial charge on any atom is 0.245 e. The maximum atomic E-state index is 12.3. The second-order valence-corrected chi connectivity index (χ2v) is 5.20. The summed E-state index contributed by atoms with van der Waals surface area (Å²) in [6.45, 7) is 1.83. The van der Waals surface area contributed by atoms with E-state index in [-0.39, 0.29) is 5.91 Å². The monoisotopic (exact) mass is 307 g/mol. The maximum absolute atomic E-state index is 12.3. The zero-order valence-corrected chi connectivity index (χ0v) is 12.7. The topological polar surface area (TPSA) is 96.7 Å². The molecule has 6 nitrogen and oxygen atoms in total. The summed E-state index contributed by atoms with van der Waals surface area (Å²) in [5.41, 5.74) is 8.24. The van der Waals surface area contributed by atoms with E-state index in [9.17, 15) is 4.79 Å². The number of aromatic nitrogens is 3. The van der Waals surface area contributed by atoms with E-state index in [0.29, 0.717) is 11.5 Å². The molecule has 1 amide bonds. The molecular formula is C17H17N5O. The second-order valence-electron chi connectivity index (χ2n) is 5.20. The van der Waals surface area contributed by atoms with Gasteiger partial charge >= 0.3 is 0 Å². The average molecular weight is 307 g/mol. The Balaban J connectivity index is 1.76. The van der Waals surface area contributed by atoms with Crippen LogP contribution in [0.4, 0.5) is 5.69 Å². The quantitative estimate of drug-likeness (QED) is 0.689. The van der Waals surface area contributed by atoms with Gasteiger partial charge in [-0.2, -0.15) is 5.10 Å². The van der Waals surface area contributed by atoms with Gasteiger partial charge in [0.25, 0.3) is 0 Å². The molecule has 0 aliphatic carbocycles. The van der Waals surface area contributed by atoms with Crippen LogP contribution in [0.5, 0.6) is 0 Å². The van der Waals surface area contributed by atoms with E-state index in [4.69, 9.17) is 5.73 Å². The number of rotatable bonds is 4. The molecule has 2 aromatic carbocycles. The number of nitrogens with two attached hydrogens (primary N) is 1. The number of aromatic amines is 1. The highest BCUT2D eigenvalue weighted by Crippen LogP contribution is 2.20. The van der Waals surface area contributed by atoms with Crippen molar-refractivity contribution in [2.45, 2.75) is 13.0 Å². The molecule has 0 unspecified atom stereocenters. The third-order valence-electron chi connectivity index (χ3n) is 3.43. The predicted molar refractivity (Wildman–Crippen MR) is 88.6 cm³/mol. The van der Waals surface area contributed by atoms with Gasteiger partial charge in [0.05, 0.1) is 0 Å². The van der Waals surface area contributed by atoms with Crippen molar-refractivity contribution in [1.82, 2.24) is 15.2 Å². The number of amides is 1. The van der Waals surface area contributed by atoms with Crippen molar-refractivity contribution in [3.63, 3.8) is 0 Å². The number of H-pyrrole nitrogens is 1. The fourth-order valence-corrected chi connectivity index (χ4v) is 2.24. The van der Waals surface area contributed by atoms with Crippen LogP contribution in [0.25, 0.3) is 11.4 Å². The van der Waals surface area contributed by atoms with Gasteiger partial charge in [-0.3, -0.25) is 9.89 Å². The molecule has 0 saturated carbocycles. The van der Waals surface area contributed by atoms with Crippen LogP contribution in [0.3, 0.4) is 0 Å². The SMILES string of the molecule is Cc1nc(-c2cccc(NC(=O)[C@H](N)c3ccccc3)c2)n[nH]1. The van der Waals surface area contributed by atoms with E-state index in [2.05, 4.69) is 20.5 Å². The molecule has 0 fully saturated rings. The number of hydrogen-bond acceptors (Lipinski definition) is 4. The van der Waals surface area contributed by atoms with Crippen LogP contribution in [0.1, 0.15) is 17.4 Å². The van der Waals surface area contributed by atoms with Crippen molar-refractivity contribution in [1.29, 1.82) is 0 Å². The lowest BCUT2D eigenvalue weighted by atomic mass is 10.1. The first-order chi connectivity index (χ1) is 11.1. The van der Waals surface area contributed by atoms with Crippen molar-refractivity contribution in [2.24, 2.45) is 5.73 Å². The molecule has 1 atom stereocenters. The van der Waals surface area contributed by atoms with Crippen LogP contribution < -0.4 is 11.1 Å². The Kier molecular flexibility index (Phi) is 4.16. The second kappa shape index (κ2) is 6.41. The first kappa shape index (κ1) is 14.9. The number of nitrogens with zero attached hydrogens (tertiary/aromatic N) is 2. The molecule has 6 heteroatoms. The van der Waals surface area contributed by atoms with Gasteiger partial charge in [-0.15, -0.1) is 0 Å². The first-order valence-electron chi connectivity index (χ1n) is 7.24. The third kappa shape index (κ3) is 3.44. The van der Waals surface area contributed by atoms with Crippen molar-refractivity contribution in [3.8, 4) is 11.4 Å². The molecule has 0 radical (unpaired) electrons. The Morgan fingerprint density at radius 2 is 1.96 bits per heavy atom. The standard InChI is InChI=1S/C17H17N5O/c1-11-19-16(22-21-11)13-8-5-9-14(10-13)20-17(23)15(18)12-6-3-2-4-7-12/h2-10,15H,18H2,1H3,(H,20,23)(H,19,21,22)/t15-/m1/s1. The van der Waals surface area contributed by atoms with Crippen molar-refractivity contribution in [3.05, 3.63) is 66.0 Å². The van der Waals surface area contributed by atoms with Gasteiger partial charge < -0.3 is 11.1 Å². The van der Waals surface area contributed by atoms with Crippen molar-refractivity contribution in [2.75, 3.05) is 5.32 Å². The van der Waals surface area contributed by atoms with Gasteiger partial charge in [-0.05, 0) is 24.6 Å². The number of anilines is 1. The van der Waals surface area contributed by atoms with Crippen LogP contribution in [-0.2, 0) is 4.79 Å². The summed E-state index contributed by atoms with van der Waals surface area (Å²) < 4.78 is 0. The summed E-state index contributed by atoms with van der Waals surface area (Å²) in [5.74, 6) is 1.06. The van der Waals surface area contributed by atoms with E-state index in [0.717, 1.165) is 17.0 Å². The van der Waals surface area contributed by atoms with Gasteiger partial charge in [0, 0.05) is 11.3 Å². The number of carbonyl (C=O) groups excluding carboxylic acids is 1. The van der Waals surface area contributed by atoms with Gasteiger partial charge in [-0.25, -0.2) is 4.98 Å². The zero-order chi connectivity index (χ0) is 16.2. The van der Waals surface area contributed by atoms with Gasteiger partial charge in [0.15, 0.2) is 5.82 Å². The summed E-state index contributed by atoms with van der Waals surface area (Å²) in [6.07, 6.45) is 0. The normalized spacial score (nSPS) is 11.9. The highest BCUT2D eigenvalue weighted by atomic mass is 16.2. The van der Waals surface area contributed by atoms with Crippen LogP contribution in [-0.4, -0.2) is 21.1 Å². The number of hydrogen-bond donors (Lipinski definition) is 3. The molecule has 116 valence electrons. The lowest BCUT2D eigenvalue weighted by molar-refractivity contribution is -0.117. The molecule has 3 aromatic rings. The first-order valence-corrected chi connectivity index (χ1v) is 7.24. The Labute approximate surface area is 133 Å². The lowest BCUT2D eigenvalue weighted by Crippen LogP contribution is -2.27. The van der Waals surface area contributed by atoms with Gasteiger partial charge in [0.1, 0.15) is 11.9 Å². The minimum absolute atomic E-state index is 0.264. The molecule has 3 rings (SSSR count). The van der Waals surface area contributed by atoms with E-state index in [1.165, 1.54) is 0 Å². The van der Waals surface area contributed by atoms with E-state index in [1.54, 1.807) is 6.07 Å². The molecule has 1 heterocycles. The Morgan fingerprint density at radius 3 is 2.65 bits per heavy atom. The number of nitrogens with one attached hydrogen (secondary N) is 2. The highest BCUT2D eigenvalue weighted by Gasteiger charge is 2.16. The summed E-state index contributed by atoms with van der Waals surface area (Å²) in [6, 6.07) is 15.9. The van der Waals surface area contributed by atoms with Crippen LogP contribution >= 0.6 is 0 Å². The highest BCUT2D eigenvalue weighted by molar-refractivity contribution is 5.95. The van der Waals surface area contributed by atoms with Gasteiger partial charge in [-0.1, -0.05) is 42.5 Å². The molecule has 23 heavy (non-hydrogen) atoms. The zero-order valence-electron chi connectivity index (χ0n) is 12.7. The molecule has 0 bridgehead atoms. The minimum atomic E-state index is -0.717. The molecule has 4 N–H and O–H groups in total. The summed E-state index contributed by atoms with van der Waals surface area (Å²) in [7, 11) is 0. The Bertz CT molecular complexity index is 813. The molecule has 0 aliphatic rings. The van der Waals surface area contributed by atoms with Crippen LogP contribution in [0.15, 0.2) is 54.6 Å². The fraction of sp³-hybridized carbons (Fsp3) is 0.118. The van der Waals surface area contributed by atoms with E-state index in [1.807, 2.05) is 55.5 Å². The largest absolute Gasteiger partial charge is 0.324 e. The number of benzene rings is 2. The Morgan fingerprint density at radius 1 is 1.17 bits per heavy atom. The van der Waals surface area contributed by atoms with E-state index >= 15 is 0 Å². The van der Waals surface area contributed by atoms with Crippen LogP contribution in [0.2, 0.25) is 0 Å². The third-order valence-corrected chi connectivity index (χ3v) is 3.43. The van der Waals surface area contributed by atoms with E-state index < -0.39 is 6.04 Å². The number of aryl methyl sites for hydroxylation is 1. The molecular weight excluding hydrogens is 290 g/mol. The molecule has 0 spiro atoms. The van der Waals surface area contributed by atoms with Crippen LogP contribution in [0, 0.1) is 6.92 Å². The lowest BCUT2D eigenvalue weighted by Gasteiger charge is -2.13. The predicted octanol–water partition coefficient (Wildman–Crippen LogP) is 2.42. The Hall–Kier alpha value is -2.99. The summed E-state index contributed by atoms with van der Waals surface area (Å²) >= 11 is 0. The van der Waals surface area contributed by atoms with Crippen molar-refractivity contribution < 1.29 is 4.79 Å². The summed E-state index contributed by atoms with van der Waals surface area (Å²) in [4.78, 5) is 16.6. The van der Waals surface area contributed by atoms with Crippen molar-refractivity contribution >= 4 is 11.6 Å². The minimum Gasteiger partial charge on any atom is -0.324 e. The number of carbonyl (C=O) groups is 1. The smallest absolute Gasteiger partial charge is 0.245 e. The molecule has 0 aliphatic heterocycles. The molecule has 1 aromatic heterocycles. The molecule has 0 saturated heterocycles.